The van der Waals surface area contributed by atoms with Gasteiger partial charge in [-0.15, -0.1) is 4.36 Å². The number of halogens is 1. The molecule has 58 heavy (non-hydrogen) atoms. The van der Waals surface area contributed by atoms with Crippen LogP contribution in [0.15, 0.2) is 65.2 Å². The Balaban J connectivity index is 1.13. The molecule has 5 aliphatic rings. The minimum absolute atomic E-state index is 0.0107. The molecule has 1 saturated carbocycles. The van der Waals surface area contributed by atoms with Crippen molar-refractivity contribution in [2.75, 3.05) is 57.7 Å². The molecule has 3 aliphatic heterocycles. The summed E-state index contributed by atoms with van der Waals surface area (Å²) in [6, 6.07) is 13.9. The first kappa shape index (κ1) is 41.1. The average molecular weight is 833 g/mol. The number of hydrogen-bond acceptors (Lipinski definition) is 8. The number of ether oxygens (including phenoxy) is 3. The summed E-state index contributed by atoms with van der Waals surface area (Å²) in [5.74, 6) is 0.133. The van der Waals surface area contributed by atoms with Crippen molar-refractivity contribution in [2.24, 2.45) is 29.2 Å². The van der Waals surface area contributed by atoms with Crippen molar-refractivity contribution in [1.29, 1.82) is 0 Å². The summed E-state index contributed by atoms with van der Waals surface area (Å²) >= 11 is 6.49. The molecule has 0 radical (unpaired) electrons. The van der Waals surface area contributed by atoms with Crippen molar-refractivity contribution in [2.45, 2.75) is 82.4 Å². The van der Waals surface area contributed by atoms with Crippen LogP contribution in [0.3, 0.4) is 0 Å². The van der Waals surface area contributed by atoms with Gasteiger partial charge in [-0.1, -0.05) is 36.7 Å². The molecule has 1 spiro atoms. The number of methoxy groups -OCH3 is 1. The third-order valence-electron chi connectivity index (χ3n) is 13.4. The third-order valence-corrected chi connectivity index (χ3v) is 15.6. The number of anilines is 1. The fourth-order valence-electron chi connectivity index (χ4n) is 9.97. The second-order valence-corrected chi connectivity index (χ2v) is 19.9. The Morgan fingerprint density at radius 2 is 1.97 bits per heavy atom. The molecule has 312 valence electrons. The number of rotatable bonds is 6. The number of nitrogens with one attached hydrogen (secondary N) is 1. The second-order valence-electron chi connectivity index (χ2n) is 17.5. The quantitative estimate of drug-likeness (QED) is 0.257. The lowest BCUT2D eigenvalue weighted by Gasteiger charge is -2.46. The minimum atomic E-state index is -3.56. The summed E-state index contributed by atoms with van der Waals surface area (Å²) in [5, 5.41) is 0.742. The molecule has 1 N–H and O–H groups in total. The number of fused-ring (bicyclic) bond motifs is 4. The number of carbonyl (C=O) groups excluding carboxylic acids is 2. The molecule has 2 fully saturated rings. The maximum atomic E-state index is 14.9. The van der Waals surface area contributed by atoms with Gasteiger partial charge in [0.05, 0.1) is 29.7 Å². The molecule has 2 amide bonds. The third kappa shape index (κ3) is 8.64. The number of carbonyl (C=O) groups is 2. The van der Waals surface area contributed by atoms with Crippen LogP contribution >= 0.6 is 11.6 Å². The summed E-state index contributed by atoms with van der Waals surface area (Å²) in [7, 11) is 2.22. The van der Waals surface area contributed by atoms with Crippen molar-refractivity contribution in [3.05, 3.63) is 93.8 Å². The smallest absolute Gasteiger partial charge is 0.286 e. The fraction of sp³-hybridized carbons (Fsp3) is 0.556. The monoisotopic (exact) mass is 831 g/mol. The molecule has 6 atom stereocenters. The van der Waals surface area contributed by atoms with Crippen molar-refractivity contribution in [1.82, 2.24) is 14.2 Å². The summed E-state index contributed by atoms with van der Waals surface area (Å²) < 4.78 is 42.3. The molecule has 2 aliphatic carbocycles. The predicted octanol–water partition coefficient (Wildman–Crippen LogP) is 7.35. The molecule has 8 rings (SSSR count). The van der Waals surface area contributed by atoms with Gasteiger partial charge in [-0.25, -0.2) is 4.21 Å². The Kier molecular flexibility index (Phi) is 12.1. The predicted molar refractivity (Wildman–Crippen MR) is 228 cm³/mol. The lowest BCUT2D eigenvalue weighted by Crippen LogP contribution is -2.49. The van der Waals surface area contributed by atoms with Gasteiger partial charge < -0.3 is 23.7 Å². The highest BCUT2D eigenvalue weighted by Crippen LogP contribution is 2.47. The van der Waals surface area contributed by atoms with E-state index in [0.717, 1.165) is 81.1 Å². The van der Waals surface area contributed by atoms with Gasteiger partial charge >= 0.3 is 0 Å². The fourth-order valence-corrected chi connectivity index (χ4v) is 12.1. The highest BCUT2D eigenvalue weighted by molar-refractivity contribution is 7.92. The molecule has 1 unspecified atom stereocenters. The van der Waals surface area contributed by atoms with Crippen LogP contribution in [0, 0.1) is 17.8 Å². The standard InChI is InChI=1S/C45H58ClN5O6S/c1-30-7-5-9-41(55-4)38-13-10-33(38)25-51-28-45(18-6-8-31-21-35(46)12-14-39(31)45)29-57-42-15-11-32(23-40(42)51)43(52)47-58(54,27-30)48-44(53)34-22-37(49(2)24-34)26-50(3)36-16-19-56-20-17-36/h5,9,11-12,14-15,21-24,30,33,36,38,41H,6-8,10,13,16-20,25-29H2,1-4H3,(H,47,48,52,53,54)/b9-5-/t30-,33-,38+,41-,45-,58?/m0/s1. The van der Waals surface area contributed by atoms with E-state index in [2.05, 4.69) is 50.2 Å². The zero-order chi connectivity index (χ0) is 40.6. The maximum absolute atomic E-state index is 14.9. The lowest BCUT2D eigenvalue weighted by atomic mass is 9.68. The summed E-state index contributed by atoms with van der Waals surface area (Å²) in [6.07, 6.45) is 13.6. The average Bonchev–Trinajstić information content (AvgIpc) is 3.49. The zero-order valence-electron chi connectivity index (χ0n) is 34.3. The highest BCUT2D eigenvalue weighted by Gasteiger charge is 2.44. The summed E-state index contributed by atoms with van der Waals surface area (Å²) in [5.41, 5.74) is 4.74. The Hall–Kier alpha value is -3.68. The Bertz CT molecular complexity index is 2170. The van der Waals surface area contributed by atoms with Crippen LogP contribution in [0.25, 0.3) is 0 Å². The van der Waals surface area contributed by atoms with Gasteiger partial charge in [0.15, 0.2) is 0 Å². The first-order valence-corrected chi connectivity index (χ1v) is 23.0. The molecule has 4 heterocycles. The molecular weight excluding hydrogens is 774 g/mol. The van der Waals surface area contributed by atoms with Crippen molar-refractivity contribution >= 4 is 39.0 Å². The molecule has 2 aromatic carbocycles. The van der Waals surface area contributed by atoms with Crippen LogP contribution in [-0.4, -0.2) is 90.5 Å². The van der Waals surface area contributed by atoms with E-state index in [-0.39, 0.29) is 23.2 Å². The van der Waals surface area contributed by atoms with Gasteiger partial charge in [0.25, 0.3) is 11.8 Å². The van der Waals surface area contributed by atoms with Gasteiger partial charge in [-0.2, -0.15) is 0 Å². The van der Waals surface area contributed by atoms with Crippen molar-refractivity contribution in [3.8, 4) is 5.75 Å². The van der Waals surface area contributed by atoms with Crippen LogP contribution in [0.2, 0.25) is 5.02 Å². The second kappa shape index (κ2) is 17.1. The van der Waals surface area contributed by atoms with E-state index in [9.17, 15) is 13.8 Å². The van der Waals surface area contributed by atoms with E-state index >= 15 is 0 Å². The normalized spacial score (nSPS) is 29.7. The first-order chi connectivity index (χ1) is 27.9. The summed E-state index contributed by atoms with van der Waals surface area (Å²) in [4.78, 5) is 32.9. The number of allylic oxidation sites excluding steroid dienone is 1. The molecule has 3 aromatic rings. The SMILES string of the molecule is CO[C@H]1/C=C\C[C@H](C)CS(=O)(NC(=O)c2cc(CN(C)C3CCOCC3)n(C)c2)=NC(=O)c2ccc3c(c2)N(C[C@@H]2CC[C@H]21)C[C@@]1(CCCc2cc(Cl)ccc21)CO3. The van der Waals surface area contributed by atoms with Crippen LogP contribution in [0.1, 0.15) is 89.4 Å². The van der Waals surface area contributed by atoms with E-state index in [1.165, 1.54) is 11.1 Å². The van der Waals surface area contributed by atoms with Gasteiger partial charge in [0.1, 0.15) is 15.7 Å². The molecule has 1 aromatic heterocycles. The number of aryl methyl sites for hydroxylation is 2. The van der Waals surface area contributed by atoms with E-state index in [4.69, 9.17) is 25.8 Å². The Morgan fingerprint density at radius 1 is 1.14 bits per heavy atom. The van der Waals surface area contributed by atoms with Crippen molar-refractivity contribution in [3.63, 3.8) is 0 Å². The molecule has 13 heteroatoms. The van der Waals surface area contributed by atoms with E-state index in [1.807, 2.05) is 42.8 Å². The lowest BCUT2D eigenvalue weighted by molar-refractivity contribution is 0.0131. The number of benzene rings is 2. The number of hydrogen-bond donors (Lipinski definition) is 1. The van der Waals surface area contributed by atoms with Gasteiger partial charge in [0.2, 0.25) is 0 Å². The van der Waals surface area contributed by atoms with E-state index < -0.39 is 21.7 Å². The molecule has 1 saturated heterocycles. The van der Waals surface area contributed by atoms with Gasteiger partial charge in [-0.05, 0) is 124 Å². The van der Waals surface area contributed by atoms with Gasteiger partial charge in [-0.3, -0.25) is 19.2 Å². The largest absolute Gasteiger partial charge is 0.490 e. The van der Waals surface area contributed by atoms with E-state index in [1.54, 1.807) is 19.4 Å². The summed E-state index contributed by atoms with van der Waals surface area (Å²) in [6.45, 7) is 6.13. The van der Waals surface area contributed by atoms with Crippen LogP contribution in [0.4, 0.5) is 5.69 Å². The number of nitrogens with zero attached hydrogens (tertiary/aromatic N) is 4. The topological polar surface area (TPSA) is 115 Å². The van der Waals surface area contributed by atoms with Crippen molar-refractivity contribution < 1.29 is 28.0 Å². The highest BCUT2D eigenvalue weighted by atomic mass is 35.5. The Labute approximate surface area is 348 Å². The van der Waals surface area contributed by atoms with Crippen LogP contribution in [0.5, 0.6) is 5.75 Å². The number of aromatic nitrogens is 1. The van der Waals surface area contributed by atoms with Crippen LogP contribution < -0.4 is 14.4 Å². The number of amides is 2. The van der Waals surface area contributed by atoms with Gasteiger partial charge in [0, 0.05) is 80.9 Å². The minimum Gasteiger partial charge on any atom is -0.490 e. The molecule has 11 nitrogen and oxygen atoms in total. The van der Waals surface area contributed by atoms with Crippen LogP contribution in [-0.2, 0) is 44.8 Å². The zero-order valence-corrected chi connectivity index (χ0v) is 35.9. The first-order valence-electron chi connectivity index (χ1n) is 21.0. The Morgan fingerprint density at radius 3 is 2.74 bits per heavy atom. The molecular formula is C45H58ClN5O6S. The van der Waals surface area contributed by atoms with E-state index in [0.29, 0.717) is 60.9 Å². The molecule has 2 bridgehead atoms. The maximum Gasteiger partial charge on any atom is 0.286 e.